The first kappa shape index (κ1) is 20.8. The van der Waals surface area contributed by atoms with Crippen molar-refractivity contribution in [2.24, 2.45) is 0 Å². The number of fused-ring (bicyclic) bond motifs is 1. The van der Waals surface area contributed by atoms with Gasteiger partial charge in [0.1, 0.15) is 4.88 Å². The van der Waals surface area contributed by atoms with Crippen molar-refractivity contribution in [1.29, 1.82) is 0 Å². The van der Waals surface area contributed by atoms with Crippen LogP contribution in [0.5, 0.6) is 5.88 Å². The van der Waals surface area contributed by atoms with E-state index in [2.05, 4.69) is 48.2 Å². The SMILES string of the molecule is CCc1nc2sc([C@H](c3ccc(C(C)C)cc3)[NH+]3CCN(C(C)=O)CC3)c(O)n2n1. The van der Waals surface area contributed by atoms with Crippen molar-refractivity contribution in [2.45, 2.75) is 46.1 Å². The quantitative estimate of drug-likeness (QED) is 0.652. The number of nitrogens with zero attached hydrogens (tertiary/aromatic N) is 4. The fraction of sp³-hybridized carbons (Fsp3) is 0.500. The van der Waals surface area contributed by atoms with Gasteiger partial charge in [-0.2, -0.15) is 4.52 Å². The Morgan fingerprint density at radius 3 is 2.37 bits per heavy atom. The van der Waals surface area contributed by atoms with Crippen LogP contribution in [-0.4, -0.2) is 56.7 Å². The van der Waals surface area contributed by atoms with Crippen molar-refractivity contribution in [3.8, 4) is 5.88 Å². The van der Waals surface area contributed by atoms with Gasteiger partial charge in [0, 0.05) is 18.9 Å². The summed E-state index contributed by atoms with van der Waals surface area (Å²) in [5.41, 5.74) is 2.47. The molecule has 1 amide bonds. The number of aromatic nitrogens is 3. The molecule has 160 valence electrons. The minimum atomic E-state index is -0.0149. The van der Waals surface area contributed by atoms with Crippen LogP contribution in [0.1, 0.15) is 61.5 Å². The van der Waals surface area contributed by atoms with Crippen molar-refractivity contribution >= 4 is 22.2 Å². The number of benzene rings is 1. The summed E-state index contributed by atoms with van der Waals surface area (Å²) in [5, 5.41) is 15.5. The highest BCUT2D eigenvalue weighted by Gasteiger charge is 2.35. The molecule has 7 nitrogen and oxygen atoms in total. The van der Waals surface area contributed by atoms with Crippen molar-refractivity contribution < 1.29 is 14.8 Å². The van der Waals surface area contributed by atoms with Crippen LogP contribution in [0, 0.1) is 0 Å². The van der Waals surface area contributed by atoms with Crippen LogP contribution < -0.4 is 4.90 Å². The average Bonchev–Trinajstić information content (AvgIpc) is 3.28. The van der Waals surface area contributed by atoms with Crippen LogP contribution in [0.15, 0.2) is 24.3 Å². The standard InChI is InChI=1S/C22H29N5O2S/c1-5-18-23-22-27(24-18)21(29)20(30-22)19(17-8-6-16(7-9-17)14(2)3)26-12-10-25(11-13-26)15(4)28/h6-9,14,19,29H,5,10-13H2,1-4H3/p+1/t19-/m0/s1. The fourth-order valence-electron chi connectivity index (χ4n) is 4.17. The maximum atomic E-state index is 11.8. The van der Waals surface area contributed by atoms with Gasteiger partial charge in [0.15, 0.2) is 11.9 Å². The molecule has 2 N–H and O–H groups in total. The molecule has 0 unspecified atom stereocenters. The second-order valence-electron chi connectivity index (χ2n) is 8.28. The maximum Gasteiger partial charge on any atom is 0.235 e. The average molecular weight is 429 g/mol. The molecule has 0 aliphatic carbocycles. The first-order chi connectivity index (χ1) is 14.4. The molecule has 1 saturated heterocycles. The van der Waals surface area contributed by atoms with Gasteiger partial charge in [0.25, 0.3) is 0 Å². The molecule has 4 rings (SSSR count). The molecule has 0 bridgehead atoms. The van der Waals surface area contributed by atoms with Gasteiger partial charge in [-0.15, -0.1) is 5.10 Å². The van der Waals surface area contributed by atoms with Gasteiger partial charge in [-0.05, 0) is 11.5 Å². The number of piperazine rings is 1. The zero-order chi connectivity index (χ0) is 21.4. The van der Waals surface area contributed by atoms with Crippen LogP contribution in [-0.2, 0) is 11.2 Å². The Kier molecular flexibility index (Phi) is 5.79. The van der Waals surface area contributed by atoms with E-state index in [4.69, 9.17) is 0 Å². The fourth-order valence-corrected chi connectivity index (χ4v) is 5.33. The summed E-state index contributed by atoms with van der Waals surface area (Å²) in [6.45, 7) is 11.2. The van der Waals surface area contributed by atoms with Crippen LogP contribution >= 0.6 is 11.3 Å². The molecule has 3 aromatic rings. The first-order valence-electron chi connectivity index (χ1n) is 10.7. The van der Waals surface area contributed by atoms with E-state index in [9.17, 15) is 9.90 Å². The van der Waals surface area contributed by atoms with Crippen LogP contribution in [0.2, 0.25) is 0 Å². The number of amides is 1. The molecule has 0 radical (unpaired) electrons. The summed E-state index contributed by atoms with van der Waals surface area (Å²) < 4.78 is 1.57. The van der Waals surface area contributed by atoms with Gasteiger partial charge in [0.05, 0.1) is 26.2 Å². The van der Waals surface area contributed by atoms with Crippen LogP contribution in [0.4, 0.5) is 0 Å². The highest BCUT2D eigenvalue weighted by molar-refractivity contribution is 7.17. The van der Waals surface area contributed by atoms with E-state index < -0.39 is 0 Å². The van der Waals surface area contributed by atoms with E-state index in [-0.39, 0.29) is 17.8 Å². The summed E-state index contributed by atoms with van der Waals surface area (Å²) >= 11 is 1.51. The number of aromatic hydroxyl groups is 1. The van der Waals surface area contributed by atoms with E-state index in [1.54, 1.807) is 11.4 Å². The lowest BCUT2D eigenvalue weighted by Crippen LogP contribution is -3.15. The summed E-state index contributed by atoms with van der Waals surface area (Å²) in [7, 11) is 0. The topological polar surface area (TPSA) is 75.2 Å². The molecule has 2 aromatic heterocycles. The predicted octanol–water partition coefficient (Wildman–Crippen LogP) is 2.02. The normalized spacial score (nSPS) is 16.5. The van der Waals surface area contributed by atoms with Crippen molar-refractivity contribution in [2.75, 3.05) is 26.2 Å². The Balaban J connectivity index is 1.73. The number of nitrogens with one attached hydrogen (secondary N) is 1. The van der Waals surface area contributed by atoms with E-state index in [0.29, 0.717) is 5.92 Å². The molecular weight excluding hydrogens is 398 g/mol. The lowest BCUT2D eigenvalue weighted by molar-refractivity contribution is -0.929. The van der Waals surface area contributed by atoms with Gasteiger partial charge in [-0.25, -0.2) is 4.98 Å². The van der Waals surface area contributed by atoms with Crippen LogP contribution in [0.3, 0.4) is 0 Å². The molecule has 0 spiro atoms. The Bertz CT molecular complexity index is 1030. The van der Waals surface area contributed by atoms with E-state index in [0.717, 1.165) is 48.3 Å². The number of carbonyl (C=O) groups excluding carboxylic acids is 1. The molecule has 0 saturated carbocycles. The lowest BCUT2D eigenvalue weighted by atomic mass is 9.97. The number of hydrogen-bond donors (Lipinski definition) is 2. The monoisotopic (exact) mass is 428 g/mol. The van der Waals surface area contributed by atoms with E-state index in [1.165, 1.54) is 27.4 Å². The van der Waals surface area contributed by atoms with E-state index in [1.807, 2.05) is 11.8 Å². The van der Waals surface area contributed by atoms with Gasteiger partial charge < -0.3 is 14.9 Å². The Labute approximate surface area is 181 Å². The lowest BCUT2D eigenvalue weighted by Gasteiger charge is -2.36. The number of rotatable bonds is 5. The third kappa shape index (κ3) is 3.81. The summed E-state index contributed by atoms with van der Waals surface area (Å²) in [4.78, 5) is 21.2. The Hall–Kier alpha value is -2.45. The molecule has 1 atom stereocenters. The number of thiazole rings is 1. The van der Waals surface area contributed by atoms with E-state index >= 15 is 0 Å². The molecular formula is C22H30N5O2S+. The third-order valence-corrected chi connectivity index (χ3v) is 7.10. The summed E-state index contributed by atoms with van der Waals surface area (Å²) in [5.74, 6) is 1.52. The largest absolute Gasteiger partial charge is 0.492 e. The second kappa shape index (κ2) is 8.35. The van der Waals surface area contributed by atoms with Crippen molar-refractivity contribution in [3.05, 3.63) is 46.1 Å². The number of hydrogen-bond acceptors (Lipinski definition) is 5. The van der Waals surface area contributed by atoms with Gasteiger partial charge in [-0.3, -0.25) is 4.79 Å². The number of aryl methyl sites for hydroxylation is 1. The molecule has 8 heteroatoms. The molecule has 30 heavy (non-hydrogen) atoms. The maximum absolute atomic E-state index is 11.8. The Morgan fingerprint density at radius 1 is 1.20 bits per heavy atom. The van der Waals surface area contributed by atoms with Crippen molar-refractivity contribution in [3.63, 3.8) is 0 Å². The third-order valence-electron chi connectivity index (χ3n) is 6.02. The highest BCUT2D eigenvalue weighted by Crippen LogP contribution is 2.35. The van der Waals surface area contributed by atoms with Gasteiger partial charge in [0.2, 0.25) is 16.7 Å². The molecule has 1 fully saturated rings. The van der Waals surface area contributed by atoms with Gasteiger partial charge in [-0.1, -0.05) is 56.4 Å². The minimum Gasteiger partial charge on any atom is -0.492 e. The smallest absolute Gasteiger partial charge is 0.235 e. The molecule has 1 aromatic carbocycles. The summed E-state index contributed by atoms with van der Waals surface area (Å²) in [6.07, 6.45) is 0.738. The second-order valence-corrected chi connectivity index (χ2v) is 9.29. The number of carbonyl (C=O) groups is 1. The zero-order valence-corrected chi connectivity index (χ0v) is 18.9. The van der Waals surface area contributed by atoms with Gasteiger partial charge >= 0.3 is 0 Å². The first-order valence-corrected chi connectivity index (χ1v) is 11.5. The minimum absolute atomic E-state index is 0.0149. The Morgan fingerprint density at radius 2 is 1.83 bits per heavy atom. The molecule has 1 aliphatic rings. The number of quaternary nitrogens is 1. The summed E-state index contributed by atoms with van der Waals surface area (Å²) in [6, 6.07) is 8.70. The highest BCUT2D eigenvalue weighted by atomic mass is 32.1. The molecule has 1 aliphatic heterocycles. The van der Waals surface area contributed by atoms with Crippen molar-refractivity contribution in [1.82, 2.24) is 19.5 Å². The molecule has 3 heterocycles. The van der Waals surface area contributed by atoms with Crippen LogP contribution in [0.25, 0.3) is 4.96 Å². The predicted molar refractivity (Wildman–Crippen MR) is 117 cm³/mol. The zero-order valence-electron chi connectivity index (χ0n) is 18.1.